The Kier molecular flexibility index (Phi) is 9.35. The second-order valence-electron chi connectivity index (χ2n) is 5.13. The molecule has 0 atom stereocenters. The first kappa shape index (κ1) is 21.4. The van der Waals surface area contributed by atoms with Gasteiger partial charge in [0, 0.05) is 17.2 Å². The van der Waals surface area contributed by atoms with Crippen LogP contribution < -0.4 is 0 Å². The molecule has 27 heavy (non-hydrogen) atoms. The minimum Gasteiger partial charge on any atom is -0.462 e. The molecule has 2 aromatic rings. The van der Waals surface area contributed by atoms with E-state index in [9.17, 15) is 9.59 Å². The Morgan fingerprint density at radius 3 is 2.19 bits per heavy atom. The third-order valence-electron chi connectivity index (χ3n) is 3.23. The van der Waals surface area contributed by atoms with Gasteiger partial charge in [-0.15, -0.1) is 0 Å². The van der Waals surface area contributed by atoms with Crippen molar-refractivity contribution < 1.29 is 29.3 Å². The van der Waals surface area contributed by atoms with E-state index in [1.54, 1.807) is 12.1 Å². The highest BCUT2D eigenvalue weighted by Crippen LogP contribution is 2.16. The van der Waals surface area contributed by atoms with E-state index >= 15 is 0 Å². The molecule has 2 N–H and O–H groups in total. The van der Waals surface area contributed by atoms with Crippen LogP contribution in [-0.4, -0.2) is 34.7 Å². The quantitative estimate of drug-likeness (QED) is 0.327. The van der Waals surface area contributed by atoms with E-state index in [0.717, 1.165) is 11.6 Å². The number of rotatable bonds is 7. The summed E-state index contributed by atoms with van der Waals surface area (Å²) < 4.78 is 4.90. The van der Waals surface area contributed by atoms with Crippen LogP contribution in [0, 0.1) is 0 Å². The van der Waals surface area contributed by atoms with Crippen LogP contribution in [0.2, 0.25) is 0 Å². The SMILES string of the molecule is C=CC(=O)OCCC=Cc1ccccc1C(=O)c1ccccc1.O=C(O)O. The van der Waals surface area contributed by atoms with E-state index in [0.29, 0.717) is 17.5 Å². The lowest BCUT2D eigenvalue weighted by Crippen LogP contribution is -2.03. The number of hydrogen-bond acceptors (Lipinski definition) is 4. The zero-order valence-electron chi connectivity index (χ0n) is 14.6. The number of carbonyl (C=O) groups excluding carboxylic acids is 2. The molecule has 0 spiro atoms. The third kappa shape index (κ3) is 8.31. The van der Waals surface area contributed by atoms with Crippen molar-refractivity contribution in [3.05, 3.63) is 90.0 Å². The van der Waals surface area contributed by atoms with E-state index in [-0.39, 0.29) is 12.4 Å². The Hall–Kier alpha value is -3.67. The average molecular weight is 368 g/mol. The first-order valence-corrected chi connectivity index (χ1v) is 8.02. The monoisotopic (exact) mass is 368 g/mol. The molecule has 0 saturated heterocycles. The number of ketones is 1. The van der Waals surface area contributed by atoms with Crippen molar-refractivity contribution in [2.24, 2.45) is 0 Å². The first-order valence-electron chi connectivity index (χ1n) is 8.02. The zero-order chi connectivity index (χ0) is 20.1. The molecule has 0 heterocycles. The third-order valence-corrected chi connectivity index (χ3v) is 3.23. The highest BCUT2D eigenvalue weighted by Gasteiger charge is 2.11. The number of carbonyl (C=O) groups is 3. The first-order chi connectivity index (χ1) is 13.0. The zero-order valence-corrected chi connectivity index (χ0v) is 14.6. The largest absolute Gasteiger partial charge is 0.503 e. The fourth-order valence-electron chi connectivity index (χ4n) is 2.09. The number of benzene rings is 2. The van der Waals surface area contributed by atoms with Gasteiger partial charge in [-0.05, 0) is 12.0 Å². The van der Waals surface area contributed by atoms with Crippen molar-refractivity contribution in [3.63, 3.8) is 0 Å². The average Bonchev–Trinajstić information content (AvgIpc) is 2.67. The summed E-state index contributed by atoms with van der Waals surface area (Å²) in [7, 11) is 0. The van der Waals surface area contributed by atoms with E-state index in [1.165, 1.54) is 0 Å². The van der Waals surface area contributed by atoms with Crippen LogP contribution in [0.1, 0.15) is 27.9 Å². The van der Waals surface area contributed by atoms with Gasteiger partial charge in [0.05, 0.1) is 6.61 Å². The Bertz CT molecular complexity index is 804. The van der Waals surface area contributed by atoms with Crippen LogP contribution in [0.4, 0.5) is 4.79 Å². The summed E-state index contributed by atoms with van der Waals surface area (Å²) in [5, 5.41) is 13.9. The lowest BCUT2D eigenvalue weighted by molar-refractivity contribution is -0.137. The standard InChI is InChI=1S/C20H18O3.CH2O3/c1-2-19(21)23-15-9-8-11-16-10-6-7-14-18(16)20(22)17-12-4-3-5-13-17;2-1(3)4/h2-8,10-14H,1,9,15H2;(H2,2,3,4). The van der Waals surface area contributed by atoms with E-state index in [1.807, 2.05) is 54.6 Å². The van der Waals surface area contributed by atoms with E-state index in [2.05, 4.69) is 6.58 Å². The normalized spacial score (nSPS) is 9.78. The number of ether oxygens (including phenoxy) is 1. The minimum absolute atomic E-state index is 0.0102. The molecule has 0 aromatic heterocycles. The summed E-state index contributed by atoms with van der Waals surface area (Å²) in [6.07, 6.45) is 3.64. The molecule has 6 heteroatoms. The molecule has 2 rings (SSSR count). The lowest BCUT2D eigenvalue weighted by Gasteiger charge is -2.05. The minimum atomic E-state index is -1.83. The Morgan fingerprint density at radius 2 is 1.56 bits per heavy atom. The van der Waals surface area contributed by atoms with Gasteiger partial charge >= 0.3 is 12.1 Å². The van der Waals surface area contributed by atoms with Gasteiger partial charge in [-0.3, -0.25) is 4.79 Å². The molecule has 0 aliphatic heterocycles. The predicted octanol–water partition coefficient (Wildman–Crippen LogP) is 4.27. The molecular formula is C21H20O6. The molecule has 0 saturated carbocycles. The molecule has 0 amide bonds. The Morgan fingerprint density at radius 1 is 0.963 bits per heavy atom. The highest BCUT2D eigenvalue weighted by molar-refractivity contribution is 6.11. The molecule has 0 bridgehead atoms. The highest BCUT2D eigenvalue weighted by atomic mass is 16.6. The second kappa shape index (κ2) is 11.8. The lowest BCUT2D eigenvalue weighted by atomic mass is 9.98. The Balaban J connectivity index is 0.000000828. The fourth-order valence-corrected chi connectivity index (χ4v) is 2.09. The van der Waals surface area contributed by atoms with E-state index < -0.39 is 12.1 Å². The summed E-state index contributed by atoms with van der Waals surface area (Å²) >= 11 is 0. The van der Waals surface area contributed by atoms with Crippen molar-refractivity contribution in [1.82, 2.24) is 0 Å². The van der Waals surface area contributed by atoms with Gasteiger partial charge < -0.3 is 14.9 Å². The van der Waals surface area contributed by atoms with Crippen LogP contribution in [-0.2, 0) is 9.53 Å². The molecule has 0 fully saturated rings. The molecule has 140 valence electrons. The maximum atomic E-state index is 12.6. The summed E-state index contributed by atoms with van der Waals surface area (Å²) in [5.41, 5.74) is 2.16. The summed E-state index contributed by atoms with van der Waals surface area (Å²) in [6, 6.07) is 16.6. The van der Waals surface area contributed by atoms with Gasteiger partial charge in [0.15, 0.2) is 5.78 Å². The summed E-state index contributed by atoms with van der Waals surface area (Å²) in [5.74, 6) is -0.443. The molecule has 2 aromatic carbocycles. The second-order valence-corrected chi connectivity index (χ2v) is 5.13. The number of carboxylic acid groups (broad SMARTS) is 2. The topological polar surface area (TPSA) is 101 Å². The van der Waals surface area contributed by atoms with Crippen molar-refractivity contribution >= 4 is 24.0 Å². The van der Waals surface area contributed by atoms with Gasteiger partial charge in [-0.25, -0.2) is 9.59 Å². The van der Waals surface area contributed by atoms with Gasteiger partial charge in [0.2, 0.25) is 0 Å². The molecule has 0 aliphatic rings. The fraction of sp³-hybridized carbons (Fsp3) is 0.0952. The molecule has 0 radical (unpaired) electrons. The van der Waals surface area contributed by atoms with Gasteiger partial charge in [0.25, 0.3) is 0 Å². The maximum Gasteiger partial charge on any atom is 0.503 e. The van der Waals surface area contributed by atoms with Crippen LogP contribution >= 0.6 is 0 Å². The van der Waals surface area contributed by atoms with Crippen molar-refractivity contribution in [2.75, 3.05) is 6.61 Å². The molecule has 0 unspecified atom stereocenters. The summed E-state index contributed by atoms with van der Waals surface area (Å²) in [6.45, 7) is 3.62. The molecular weight excluding hydrogens is 348 g/mol. The van der Waals surface area contributed by atoms with Gasteiger partial charge in [0.1, 0.15) is 0 Å². The van der Waals surface area contributed by atoms with Crippen LogP contribution in [0.25, 0.3) is 6.08 Å². The number of hydrogen-bond donors (Lipinski definition) is 2. The van der Waals surface area contributed by atoms with Crippen molar-refractivity contribution in [3.8, 4) is 0 Å². The smallest absolute Gasteiger partial charge is 0.462 e. The van der Waals surface area contributed by atoms with Crippen molar-refractivity contribution in [1.29, 1.82) is 0 Å². The van der Waals surface area contributed by atoms with Gasteiger partial charge in [-0.2, -0.15) is 0 Å². The predicted molar refractivity (Wildman–Crippen MR) is 102 cm³/mol. The number of esters is 1. The van der Waals surface area contributed by atoms with Crippen LogP contribution in [0.5, 0.6) is 0 Å². The molecule has 0 aliphatic carbocycles. The van der Waals surface area contributed by atoms with Crippen molar-refractivity contribution in [2.45, 2.75) is 6.42 Å². The van der Waals surface area contributed by atoms with E-state index in [4.69, 9.17) is 19.7 Å². The Labute approximate surface area is 157 Å². The van der Waals surface area contributed by atoms with Crippen LogP contribution in [0.15, 0.2) is 73.3 Å². The molecule has 6 nitrogen and oxygen atoms in total. The van der Waals surface area contributed by atoms with Crippen LogP contribution in [0.3, 0.4) is 0 Å². The maximum absolute atomic E-state index is 12.6. The summed E-state index contributed by atoms with van der Waals surface area (Å²) in [4.78, 5) is 32.1. The van der Waals surface area contributed by atoms with Gasteiger partial charge in [-0.1, -0.05) is 73.3 Å².